The van der Waals surface area contributed by atoms with Gasteiger partial charge in [-0.2, -0.15) is 9.41 Å². The summed E-state index contributed by atoms with van der Waals surface area (Å²) in [5.74, 6) is -0.581. The topological polar surface area (TPSA) is 78.8 Å². The second-order valence-electron chi connectivity index (χ2n) is 8.10. The smallest absolute Gasteiger partial charge is 0.255 e. The third-order valence-electron chi connectivity index (χ3n) is 5.12. The highest BCUT2D eigenvalue weighted by Gasteiger charge is 2.30. The van der Waals surface area contributed by atoms with Gasteiger partial charge in [0, 0.05) is 11.0 Å². The molecular formula is C25H24BrCl2N3O3S. The van der Waals surface area contributed by atoms with E-state index in [9.17, 15) is 13.2 Å². The summed E-state index contributed by atoms with van der Waals surface area (Å²) in [6.07, 6.45) is 1.48. The van der Waals surface area contributed by atoms with Crippen LogP contribution in [0.5, 0.6) is 0 Å². The number of carbonyl (C=O) groups is 1. The molecule has 0 aliphatic carbocycles. The van der Waals surface area contributed by atoms with Gasteiger partial charge in [-0.3, -0.25) is 4.79 Å². The van der Waals surface area contributed by atoms with Gasteiger partial charge in [-0.1, -0.05) is 75.0 Å². The highest BCUT2D eigenvalue weighted by Crippen LogP contribution is 2.28. The second kappa shape index (κ2) is 11.7. The molecule has 3 rings (SSSR count). The van der Waals surface area contributed by atoms with E-state index in [0.29, 0.717) is 26.7 Å². The Morgan fingerprint density at radius 1 is 1.03 bits per heavy atom. The fourth-order valence-electron chi connectivity index (χ4n) is 3.73. The minimum atomic E-state index is -4.04. The maximum absolute atomic E-state index is 13.8. The van der Waals surface area contributed by atoms with Crippen LogP contribution < -0.4 is 5.43 Å². The van der Waals surface area contributed by atoms with Crippen molar-refractivity contribution in [3.63, 3.8) is 0 Å². The van der Waals surface area contributed by atoms with Crippen molar-refractivity contribution in [2.45, 2.75) is 32.2 Å². The molecule has 0 fully saturated rings. The predicted octanol–water partition coefficient (Wildman–Crippen LogP) is 6.02. The summed E-state index contributed by atoms with van der Waals surface area (Å²) in [6.45, 7) is 4.87. The van der Waals surface area contributed by atoms with Crippen molar-refractivity contribution in [1.82, 2.24) is 9.73 Å². The molecule has 0 radical (unpaired) electrons. The molecule has 0 heterocycles. The molecule has 0 spiro atoms. The van der Waals surface area contributed by atoms with Crippen LogP contribution in [0.4, 0.5) is 0 Å². The quantitative estimate of drug-likeness (QED) is 0.255. The number of hydrogen-bond acceptors (Lipinski definition) is 4. The number of amides is 1. The van der Waals surface area contributed by atoms with E-state index in [0.717, 1.165) is 19.9 Å². The number of hydrogen-bond donors (Lipinski definition) is 1. The fraction of sp³-hybridized carbons (Fsp3) is 0.200. The summed E-state index contributed by atoms with van der Waals surface area (Å²) >= 11 is 15.5. The Bertz CT molecular complexity index is 1370. The van der Waals surface area contributed by atoms with Crippen LogP contribution in [0.1, 0.15) is 27.8 Å². The van der Waals surface area contributed by atoms with Gasteiger partial charge in [0.25, 0.3) is 5.91 Å². The summed E-state index contributed by atoms with van der Waals surface area (Å²) in [6, 6.07) is 15.8. The molecule has 35 heavy (non-hydrogen) atoms. The fourth-order valence-corrected chi connectivity index (χ4v) is 6.27. The molecule has 0 unspecified atom stereocenters. The Morgan fingerprint density at radius 3 is 2.34 bits per heavy atom. The summed E-state index contributed by atoms with van der Waals surface area (Å²) in [4.78, 5) is 12.9. The number of nitrogens with one attached hydrogen (secondary N) is 1. The lowest BCUT2D eigenvalue weighted by atomic mass is 10.1. The molecule has 0 atom stereocenters. The van der Waals surface area contributed by atoms with E-state index in [1.54, 1.807) is 44.2 Å². The van der Waals surface area contributed by atoms with Crippen LogP contribution >= 0.6 is 39.1 Å². The third kappa shape index (κ3) is 7.15. The first-order valence-corrected chi connectivity index (χ1v) is 13.6. The summed E-state index contributed by atoms with van der Waals surface area (Å²) in [7, 11) is -4.04. The number of benzene rings is 3. The minimum Gasteiger partial charge on any atom is -0.272 e. The zero-order valence-electron chi connectivity index (χ0n) is 19.3. The van der Waals surface area contributed by atoms with Gasteiger partial charge in [-0.05, 0) is 67.3 Å². The van der Waals surface area contributed by atoms with Crippen LogP contribution in [0.25, 0.3) is 0 Å². The average Bonchev–Trinajstić information content (AvgIpc) is 2.75. The van der Waals surface area contributed by atoms with Crippen molar-refractivity contribution in [3.8, 4) is 0 Å². The highest BCUT2D eigenvalue weighted by atomic mass is 79.9. The Morgan fingerprint density at radius 2 is 1.71 bits per heavy atom. The molecule has 0 bridgehead atoms. The third-order valence-corrected chi connectivity index (χ3v) is 8.45. The molecule has 10 heteroatoms. The molecule has 6 nitrogen and oxygen atoms in total. The first-order valence-electron chi connectivity index (χ1n) is 10.6. The molecule has 1 N–H and O–H groups in total. The number of sulfonamides is 1. The predicted molar refractivity (Wildman–Crippen MR) is 145 cm³/mol. The molecule has 0 aliphatic rings. The van der Waals surface area contributed by atoms with E-state index in [1.807, 2.05) is 31.2 Å². The average molecular weight is 597 g/mol. The second-order valence-corrected chi connectivity index (χ2v) is 11.7. The monoisotopic (exact) mass is 595 g/mol. The summed E-state index contributed by atoms with van der Waals surface area (Å²) < 4.78 is 29.5. The van der Waals surface area contributed by atoms with E-state index in [4.69, 9.17) is 23.2 Å². The van der Waals surface area contributed by atoms with Gasteiger partial charge < -0.3 is 0 Å². The van der Waals surface area contributed by atoms with Gasteiger partial charge in [0.2, 0.25) is 10.0 Å². The molecule has 0 saturated heterocycles. The lowest BCUT2D eigenvalue weighted by molar-refractivity contribution is -0.121. The number of rotatable bonds is 8. The number of nitrogens with zero attached hydrogens (tertiary/aromatic N) is 2. The molecular weight excluding hydrogens is 573 g/mol. The standard InChI is InChI=1S/C25H24BrCl2N3O3S/c1-16-9-17(2)25(18(3)10-16)35(33,34)31(14-20-7-8-22(27)23(28)12-20)15-24(32)30-29-13-19-5-4-6-21(26)11-19/h4-13H,14-15H2,1-3H3,(H,30,32)/b29-13+. The number of carbonyl (C=O) groups excluding carboxylic acids is 1. The van der Waals surface area contributed by atoms with Crippen LogP contribution in [-0.2, 0) is 21.4 Å². The van der Waals surface area contributed by atoms with E-state index < -0.39 is 22.5 Å². The maximum Gasteiger partial charge on any atom is 0.255 e. The van der Waals surface area contributed by atoms with Crippen molar-refractivity contribution >= 4 is 61.3 Å². The van der Waals surface area contributed by atoms with E-state index >= 15 is 0 Å². The largest absolute Gasteiger partial charge is 0.272 e. The van der Waals surface area contributed by atoms with Crippen LogP contribution in [0.2, 0.25) is 10.0 Å². The summed E-state index contributed by atoms with van der Waals surface area (Å²) in [5, 5.41) is 4.62. The Labute approximate surface area is 224 Å². The first-order chi connectivity index (χ1) is 16.5. The van der Waals surface area contributed by atoms with Gasteiger partial charge in [-0.15, -0.1) is 0 Å². The minimum absolute atomic E-state index is 0.0747. The van der Waals surface area contributed by atoms with Gasteiger partial charge in [0.05, 0.1) is 27.7 Å². The summed E-state index contributed by atoms with van der Waals surface area (Å²) in [5.41, 5.74) is 5.94. The van der Waals surface area contributed by atoms with E-state index in [1.165, 1.54) is 6.21 Å². The van der Waals surface area contributed by atoms with Crippen LogP contribution in [0, 0.1) is 20.8 Å². The molecule has 1 amide bonds. The molecule has 0 saturated carbocycles. The number of halogens is 3. The zero-order valence-corrected chi connectivity index (χ0v) is 23.3. The van der Waals surface area contributed by atoms with Crippen LogP contribution in [0.3, 0.4) is 0 Å². The van der Waals surface area contributed by atoms with E-state index in [2.05, 4.69) is 26.5 Å². The first kappa shape index (κ1) is 27.4. The Hall–Kier alpha value is -2.23. The zero-order chi connectivity index (χ0) is 25.8. The Kier molecular flexibility index (Phi) is 9.12. The van der Waals surface area contributed by atoms with Gasteiger partial charge in [-0.25, -0.2) is 13.8 Å². The van der Waals surface area contributed by atoms with E-state index in [-0.39, 0.29) is 11.4 Å². The van der Waals surface area contributed by atoms with Gasteiger partial charge >= 0.3 is 0 Å². The van der Waals surface area contributed by atoms with Gasteiger partial charge in [0.1, 0.15) is 0 Å². The van der Waals surface area contributed by atoms with Crippen LogP contribution in [0.15, 0.2) is 69.1 Å². The van der Waals surface area contributed by atoms with Crippen molar-refractivity contribution < 1.29 is 13.2 Å². The highest BCUT2D eigenvalue weighted by molar-refractivity contribution is 9.10. The van der Waals surface area contributed by atoms with Crippen molar-refractivity contribution in [3.05, 3.63) is 96.9 Å². The number of aryl methyl sites for hydroxylation is 3. The van der Waals surface area contributed by atoms with Gasteiger partial charge in [0.15, 0.2) is 0 Å². The molecule has 0 aromatic heterocycles. The molecule has 3 aromatic carbocycles. The van der Waals surface area contributed by atoms with Crippen molar-refractivity contribution in [1.29, 1.82) is 0 Å². The lowest BCUT2D eigenvalue weighted by Crippen LogP contribution is -2.39. The molecule has 0 aliphatic heterocycles. The molecule has 184 valence electrons. The van der Waals surface area contributed by atoms with Crippen LogP contribution in [-0.4, -0.2) is 31.4 Å². The Balaban J connectivity index is 1.90. The van der Waals surface area contributed by atoms with Crippen molar-refractivity contribution in [2.75, 3.05) is 6.54 Å². The number of hydrazone groups is 1. The molecule has 3 aromatic rings. The van der Waals surface area contributed by atoms with Crippen molar-refractivity contribution in [2.24, 2.45) is 5.10 Å². The SMILES string of the molecule is Cc1cc(C)c(S(=O)(=O)N(CC(=O)N/N=C/c2cccc(Br)c2)Cc2ccc(Cl)c(Cl)c2)c(C)c1. The lowest BCUT2D eigenvalue weighted by Gasteiger charge is -2.24. The maximum atomic E-state index is 13.8. The normalized spacial score (nSPS) is 11.9.